The van der Waals surface area contributed by atoms with E-state index in [1.54, 1.807) is 0 Å². The van der Waals surface area contributed by atoms with Crippen molar-refractivity contribution in [2.24, 2.45) is 10.8 Å². The Balaban J connectivity index is 1.26. The number of amides is 2. The molecule has 13 heteroatoms. The molecule has 0 unspecified atom stereocenters. The van der Waals surface area contributed by atoms with E-state index in [1.807, 2.05) is 0 Å². The molecule has 3 N–H and O–H groups in total. The molecule has 10 nitrogen and oxygen atoms in total. The van der Waals surface area contributed by atoms with Crippen LogP contribution in [0.5, 0.6) is 5.75 Å². The van der Waals surface area contributed by atoms with Crippen LogP contribution in [-0.4, -0.2) is 50.4 Å². The number of alkyl halides is 3. The fourth-order valence-corrected chi connectivity index (χ4v) is 5.52. The summed E-state index contributed by atoms with van der Waals surface area (Å²) in [7, 11) is 0. The van der Waals surface area contributed by atoms with Gasteiger partial charge in [0.05, 0.1) is 11.6 Å². The van der Waals surface area contributed by atoms with Crippen LogP contribution in [0.3, 0.4) is 0 Å². The zero-order chi connectivity index (χ0) is 27.8. The SMILES string of the molecule is O=C(NCc1cccc(OC(F)(F)F)c1)c1cc(C(=O)NCC23CCC(C(=O)O)(CC2)CC3)n2nccc2n1. The van der Waals surface area contributed by atoms with Gasteiger partial charge in [-0.1, -0.05) is 12.1 Å². The zero-order valence-corrected chi connectivity index (χ0v) is 20.8. The van der Waals surface area contributed by atoms with Crippen molar-refractivity contribution in [1.82, 2.24) is 25.2 Å². The number of rotatable bonds is 8. The minimum Gasteiger partial charge on any atom is -0.481 e. The Kier molecular flexibility index (Phi) is 6.69. The first-order chi connectivity index (χ1) is 18.5. The highest BCUT2D eigenvalue weighted by Gasteiger charge is 2.52. The van der Waals surface area contributed by atoms with E-state index in [-0.39, 0.29) is 29.0 Å². The molecule has 3 aliphatic rings. The number of carboxylic acids is 1. The van der Waals surface area contributed by atoms with Crippen LogP contribution in [-0.2, 0) is 11.3 Å². The predicted octanol–water partition coefficient (Wildman–Crippen LogP) is 3.71. The van der Waals surface area contributed by atoms with Crippen LogP contribution in [0.2, 0.25) is 0 Å². The van der Waals surface area contributed by atoms with Gasteiger partial charge in [-0.2, -0.15) is 5.10 Å². The van der Waals surface area contributed by atoms with Gasteiger partial charge >= 0.3 is 12.3 Å². The van der Waals surface area contributed by atoms with E-state index in [0.717, 1.165) is 31.4 Å². The lowest BCUT2D eigenvalue weighted by molar-refractivity contribution is -0.274. The van der Waals surface area contributed by atoms with Crippen molar-refractivity contribution in [2.75, 3.05) is 6.54 Å². The van der Waals surface area contributed by atoms with Gasteiger partial charge in [-0.15, -0.1) is 13.2 Å². The number of nitrogens with zero attached hydrogens (tertiary/aromatic N) is 3. The van der Waals surface area contributed by atoms with E-state index in [4.69, 9.17) is 0 Å². The third-order valence-corrected chi connectivity index (χ3v) is 7.89. The molecule has 2 heterocycles. The number of carboxylic acid groups (broad SMARTS) is 1. The second kappa shape index (κ2) is 9.86. The van der Waals surface area contributed by atoms with E-state index in [2.05, 4.69) is 25.5 Å². The standard InChI is InChI=1S/C26H26F3N5O5/c27-26(28,29)39-17-3-1-2-16(12-17)14-30-21(35)18-13-19(34-20(33-18)4-11-32-34)22(36)31-15-24-5-8-25(9-6-24,10-7-24)23(37)38/h1-4,11-13H,5-10,14-15H2,(H,30,35)(H,31,36)(H,37,38). The molecule has 0 radical (unpaired) electrons. The van der Waals surface area contributed by atoms with E-state index >= 15 is 0 Å². The molecular formula is C26H26F3N5O5. The first kappa shape index (κ1) is 26.4. The Morgan fingerprint density at radius 2 is 1.72 bits per heavy atom. The lowest BCUT2D eigenvalue weighted by atomic mass is 9.53. The predicted molar refractivity (Wildman–Crippen MR) is 130 cm³/mol. The highest BCUT2D eigenvalue weighted by Crippen LogP contribution is 2.56. The molecule has 1 aromatic carbocycles. The summed E-state index contributed by atoms with van der Waals surface area (Å²) in [6, 6.07) is 8.08. The van der Waals surface area contributed by atoms with Crippen LogP contribution < -0.4 is 15.4 Å². The Morgan fingerprint density at radius 1 is 1.00 bits per heavy atom. The molecule has 3 saturated carbocycles. The first-order valence-corrected chi connectivity index (χ1v) is 12.5. The molecule has 39 heavy (non-hydrogen) atoms. The smallest absolute Gasteiger partial charge is 0.481 e. The maximum absolute atomic E-state index is 13.2. The van der Waals surface area contributed by atoms with Crippen molar-refractivity contribution in [3.05, 3.63) is 59.5 Å². The number of halogens is 3. The van der Waals surface area contributed by atoms with Gasteiger partial charge in [0.25, 0.3) is 11.8 Å². The van der Waals surface area contributed by atoms with Gasteiger partial charge in [0.2, 0.25) is 0 Å². The van der Waals surface area contributed by atoms with Crippen LogP contribution >= 0.6 is 0 Å². The molecule has 6 rings (SSSR count). The number of benzene rings is 1. The molecule has 2 bridgehead atoms. The topological polar surface area (TPSA) is 135 Å². The van der Waals surface area contributed by atoms with Gasteiger partial charge in [-0.3, -0.25) is 14.4 Å². The van der Waals surface area contributed by atoms with Crippen molar-refractivity contribution in [3.8, 4) is 5.75 Å². The van der Waals surface area contributed by atoms with Crippen LogP contribution in [0.1, 0.15) is 65.1 Å². The van der Waals surface area contributed by atoms with E-state index in [1.165, 1.54) is 35.0 Å². The van der Waals surface area contributed by atoms with Gasteiger partial charge in [0.1, 0.15) is 17.1 Å². The number of nitrogens with one attached hydrogen (secondary N) is 2. The van der Waals surface area contributed by atoms with E-state index < -0.39 is 35.3 Å². The Hall–Kier alpha value is -4.16. The van der Waals surface area contributed by atoms with Gasteiger partial charge in [-0.25, -0.2) is 9.50 Å². The fraction of sp³-hybridized carbons (Fsp3) is 0.423. The quantitative estimate of drug-likeness (QED) is 0.393. The van der Waals surface area contributed by atoms with Crippen molar-refractivity contribution in [2.45, 2.75) is 51.4 Å². The van der Waals surface area contributed by atoms with Gasteiger partial charge in [-0.05, 0) is 61.6 Å². The number of carbonyl (C=O) groups is 3. The normalized spacial score (nSPS) is 22.4. The maximum atomic E-state index is 13.2. The summed E-state index contributed by atoms with van der Waals surface area (Å²) >= 11 is 0. The average molecular weight is 546 g/mol. The second-order valence-corrected chi connectivity index (χ2v) is 10.3. The van der Waals surface area contributed by atoms with Gasteiger partial charge < -0.3 is 20.5 Å². The minimum absolute atomic E-state index is 0.0596. The third kappa shape index (κ3) is 5.52. The number of hydrogen-bond donors (Lipinski definition) is 3. The largest absolute Gasteiger partial charge is 0.573 e. The lowest BCUT2D eigenvalue weighted by Crippen LogP contribution is -2.50. The van der Waals surface area contributed by atoms with Crippen LogP contribution in [0.4, 0.5) is 13.2 Å². The summed E-state index contributed by atoms with van der Waals surface area (Å²) in [6.45, 7) is 0.284. The maximum Gasteiger partial charge on any atom is 0.573 e. The van der Waals surface area contributed by atoms with Crippen molar-refractivity contribution in [1.29, 1.82) is 0 Å². The molecule has 206 valence electrons. The molecule has 3 aliphatic carbocycles. The number of ether oxygens (including phenoxy) is 1. The molecule has 0 aliphatic heterocycles. The van der Waals surface area contributed by atoms with Crippen molar-refractivity contribution >= 4 is 23.4 Å². The monoisotopic (exact) mass is 545 g/mol. The molecule has 3 fully saturated rings. The summed E-state index contributed by atoms with van der Waals surface area (Å²) in [6.07, 6.45) is 0.534. The number of carbonyl (C=O) groups excluding carboxylic acids is 2. The van der Waals surface area contributed by atoms with Crippen LogP contribution in [0, 0.1) is 10.8 Å². The molecule has 0 atom stereocenters. The first-order valence-electron chi connectivity index (χ1n) is 12.5. The second-order valence-electron chi connectivity index (χ2n) is 10.3. The van der Waals surface area contributed by atoms with E-state index in [9.17, 15) is 32.7 Å². The summed E-state index contributed by atoms with van der Waals surface area (Å²) in [5.74, 6) is -2.23. The average Bonchev–Trinajstić information content (AvgIpc) is 3.39. The molecular weight excluding hydrogens is 519 g/mol. The Bertz CT molecular complexity index is 1410. The number of aliphatic carboxylic acids is 1. The molecule has 0 saturated heterocycles. The van der Waals surface area contributed by atoms with E-state index in [0.29, 0.717) is 31.4 Å². The Labute approximate surface area is 220 Å². The number of hydrogen-bond acceptors (Lipinski definition) is 6. The Morgan fingerprint density at radius 3 is 2.38 bits per heavy atom. The molecule has 0 spiro atoms. The summed E-state index contributed by atoms with van der Waals surface area (Å²) < 4.78 is 42.7. The highest BCUT2D eigenvalue weighted by molar-refractivity contribution is 5.98. The van der Waals surface area contributed by atoms with Gasteiger partial charge in [0, 0.05) is 25.2 Å². The summed E-state index contributed by atoms with van der Waals surface area (Å²) in [5.41, 5.74) is -0.122. The summed E-state index contributed by atoms with van der Waals surface area (Å²) in [5, 5.41) is 19.3. The highest BCUT2D eigenvalue weighted by atomic mass is 19.4. The van der Waals surface area contributed by atoms with Crippen molar-refractivity contribution in [3.63, 3.8) is 0 Å². The number of fused-ring (bicyclic) bond motifs is 4. The number of aromatic nitrogens is 3. The zero-order valence-electron chi connectivity index (χ0n) is 20.8. The van der Waals surface area contributed by atoms with Crippen LogP contribution in [0.15, 0.2) is 42.6 Å². The summed E-state index contributed by atoms with van der Waals surface area (Å²) in [4.78, 5) is 42.0. The fourth-order valence-electron chi connectivity index (χ4n) is 5.52. The molecule has 2 amide bonds. The lowest BCUT2D eigenvalue weighted by Gasteiger charge is -2.51. The minimum atomic E-state index is -4.83. The molecule has 2 aromatic heterocycles. The molecule has 3 aromatic rings. The van der Waals surface area contributed by atoms with Crippen LogP contribution in [0.25, 0.3) is 5.65 Å². The third-order valence-electron chi connectivity index (χ3n) is 7.89. The van der Waals surface area contributed by atoms with Gasteiger partial charge in [0.15, 0.2) is 5.65 Å². The van der Waals surface area contributed by atoms with Crippen molar-refractivity contribution < 1.29 is 37.4 Å².